The monoisotopic (exact) mass is 283 g/mol. The van der Waals surface area contributed by atoms with Crippen LogP contribution >= 0.6 is 0 Å². The van der Waals surface area contributed by atoms with Gasteiger partial charge in [-0.3, -0.25) is 9.59 Å². The molecule has 0 aromatic rings. The maximum Gasteiger partial charge on any atom is 0.310 e. The van der Waals surface area contributed by atoms with Crippen molar-refractivity contribution in [2.45, 2.75) is 71.8 Å². The SMILES string of the molecule is CCC(CC)(CC(=O)N(C)C1CCC(C)CC1)C(=O)O. The molecule has 0 radical (unpaired) electrons. The molecule has 1 rings (SSSR count). The average molecular weight is 283 g/mol. The van der Waals surface area contributed by atoms with Crippen molar-refractivity contribution in [1.82, 2.24) is 4.90 Å². The molecular weight excluding hydrogens is 254 g/mol. The van der Waals surface area contributed by atoms with Crippen molar-refractivity contribution in [3.63, 3.8) is 0 Å². The number of amides is 1. The van der Waals surface area contributed by atoms with Crippen molar-refractivity contribution in [2.24, 2.45) is 11.3 Å². The molecule has 0 unspecified atom stereocenters. The Morgan fingerprint density at radius 1 is 1.15 bits per heavy atom. The fourth-order valence-electron chi connectivity index (χ4n) is 3.13. The van der Waals surface area contributed by atoms with Gasteiger partial charge in [-0.25, -0.2) is 0 Å². The molecule has 0 heterocycles. The van der Waals surface area contributed by atoms with Gasteiger partial charge in [0.25, 0.3) is 0 Å². The fraction of sp³-hybridized carbons (Fsp3) is 0.875. The molecule has 0 aromatic carbocycles. The molecule has 1 aliphatic carbocycles. The number of carboxylic acid groups (broad SMARTS) is 1. The molecule has 1 fully saturated rings. The van der Waals surface area contributed by atoms with E-state index in [9.17, 15) is 14.7 Å². The third-order valence-corrected chi connectivity index (χ3v) is 5.22. The lowest BCUT2D eigenvalue weighted by Crippen LogP contribution is -2.43. The van der Waals surface area contributed by atoms with Crippen LogP contribution in [-0.4, -0.2) is 35.0 Å². The highest BCUT2D eigenvalue weighted by molar-refractivity contribution is 5.85. The minimum absolute atomic E-state index is 0.0179. The molecule has 4 heteroatoms. The standard InChI is InChI=1S/C16H29NO3/c1-5-16(6-2,15(19)20)11-14(18)17(4)13-9-7-12(3)8-10-13/h12-13H,5-11H2,1-4H3,(H,19,20). The Labute approximate surface area is 122 Å². The van der Waals surface area contributed by atoms with E-state index in [-0.39, 0.29) is 12.3 Å². The second-order valence-electron chi connectivity index (χ2n) is 6.39. The average Bonchev–Trinajstić information content (AvgIpc) is 2.44. The highest BCUT2D eigenvalue weighted by atomic mass is 16.4. The van der Waals surface area contributed by atoms with Crippen molar-refractivity contribution in [2.75, 3.05) is 7.05 Å². The van der Waals surface area contributed by atoms with Gasteiger partial charge >= 0.3 is 5.97 Å². The molecule has 1 saturated carbocycles. The minimum atomic E-state index is -0.896. The lowest BCUT2D eigenvalue weighted by Gasteiger charge is -2.36. The van der Waals surface area contributed by atoms with Gasteiger partial charge in [-0.1, -0.05) is 20.8 Å². The third-order valence-electron chi connectivity index (χ3n) is 5.22. The topological polar surface area (TPSA) is 57.6 Å². The third kappa shape index (κ3) is 3.74. The second-order valence-corrected chi connectivity index (χ2v) is 6.39. The van der Waals surface area contributed by atoms with E-state index in [1.807, 2.05) is 20.9 Å². The van der Waals surface area contributed by atoms with E-state index in [1.54, 1.807) is 4.90 Å². The normalized spacial score (nSPS) is 23.4. The number of aliphatic carboxylic acids is 1. The zero-order valence-electron chi connectivity index (χ0n) is 13.3. The molecule has 0 aromatic heterocycles. The predicted octanol–water partition coefficient (Wildman–Crippen LogP) is 3.30. The molecular formula is C16H29NO3. The van der Waals surface area contributed by atoms with Gasteiger partial charge in [-0.05, 0) is 44.4 Å². The van der Waals surface area contributed by atoms with Crippen LogP contribution in [0.5, 0.6) is 0 Å². The number of rotatable bonds is 6. The quantitative estimate of drug-likeness (QED) is 0.813. The van der Waals surface area contributed by atoms with Gasteiger partial charge in [0.2, 0.25) is 5.91 Å². The first kappa shape index (κ1) is 17.0. The number of nitrogens with zero attached hydrogens (tertiary/aromatic N) is 1. The summed E-state index contributed by atoms with van der Waals surface area (Å²) in [5.41, 5.74) is -0.896. The van der Waals surface area contributed by atoms with Crippen molar-refractivity contribution in [3.8, 4) is 0 Å². The van der Waals surface area contributed by atoms with E-state index in [0.717, 1.165) is 31.6 Å². The Morgan fingerprint density at radius 2 is 1.65 bits per heavy atom. The van der Waals surface area contributed by atoms with Gasteiger partial charge in [0.1, 0.15) is 0 Å². The Morgan fingerprint density at radius 3 is 2.05 bits per heavy atom. The van der Waals surface area contributed by atoms with Crippen molar-refractivity contribution in [3.05, 3.63) is 0 Å². The molecule has 1 amide bonds. The fourth-order valence-corrected chi connectivity index (χ4v) is 3.13. The van der Waals surface area contributed by atoms with Crippen LogP contribution in [0.4, 0.5) is 0 Å². The van der Waals surface area contributed by atoms with Crippen LogP contribution < -0.4 is 0 Å². The molecule has 4 nitrogen and oxygen atoms in total. The first-order chi connectivity index (χ1) is 9.36. The van der Waals surface area contributed by atoms with Gasteiger partial charge in [-0.2, -0.15) is 0 Å². The molecule has 116 valence electrons. The van der Waals surface area contributed by atoms with Gasteiger partial charge in [0.15, 0.2) is 0 Å². The largest absolute Gasteiger partial charge is 0.481 e. The van der Waals surface area contributed by atoms with Crippen LogP contribution in [0, 0.1) is 11.3 Å². The molecule has 0 saturated heterocycles. The number of hydrogen-bond donors (Lipinski definition) is 1. The molecule has 1 aliphatic rings. The van der Waals surface area contributed by atoms with Crippen molar-refractivity contribution < 1.29 is 14.7 Å². The van der Waals surface area contributed by atoms with Gasteiger partial charge in [-0.15, -0.1) is 0 Å². The number of carbonyl (C=O) groups is 2. The van der Waals surface area contributed by atoms with E-state index in [4.69, 9.17) is 0 Å². The minimum Gasteiger partial charge on any atom is -0.481 e. The zero-order chi connectivity index (χ0) is 15.3. The van der Waals surface area contributed by atoms with Crippen molar-refractivity contribution in [1.29, 1.82) is 0 Å². The van der Waals surface area contributed by atoms with E-state index in [1.165, 1.54) is 0 Å². The summed E-state index contributed by atoms with van der Waals surface area (Å²) in [6.07, 6.45) is 5.53. The van der Waals surface area contributed by atoms with E-state index in [2.05, 4.69) is 6.92 Å². The maximum absolute atomic E-state index is 12.4. The van der Waals surface area contributed by atoms with Gasteiger partial charge < -0.3 is 10.0 Å². The number of hydrogen-bond acceptors (Lipinski definition) is 2. The summed E-state index contributed by atoms with van der Waals surface area (Å²) in [4.78, 5) is 25.7. The Hall–Kier alpha value is -1.06. The van der Waals surface area contributed by atoms with E-state index >= 15 is 0 Å². The summed E-state index contributed by atoms with van der Waals surface area (Å²) in [5.74, 6) is -0.115. The Balaban J connectivity index is 2.67. The Bertz CT molecular complexity index is 342. The predicted molar refractivity (Wildman–Crippen MR) is 79.5 cm³/mol. The molecule has 0 aliphatic heterocycles. The second kappa shape index (κ2) is 7.09. The molecule has 0 spiro atoms. The molecule has 0 bridgehead atoms. The Kier molecular flexibility index (Phi) is 6.03. The first-order valence-corrected chi connectivity index (χ1v) is 7.85. The first-order valence-electron chi connectivity index (χ1n) is 7.85. The summed E-state index contributed by atoms with van der Waals surface area (Å²) in [6, 6.07) is 0.291. The van der Waals surface area contributed by atoms with Crippen LogP contribution in [-0.2, 0) is 9.59 Å². The van der Waals surface area contributed by atoms with E-state index < -0.39 is 11.4 Å². The van der Waals surface area contributed by atoms with Crippen LogP contribution in [0.2, 0.25) is 0 Å². The zero-order valence-corrected chi connectivity index (χ0v) is 13.3. The molecule has 20 heavy (non-hydrogen) atoms. The lowest BCUT2D eigenvalue weighted by atomic mass is 9.78. The van der Waals surface area contributed by atoms with Gasteiger partial charge in [0, 0.05) is 19.5 Å². The summed E-state index contributed by atoms with van der Waals surface area (Å²) in [6.45, 7) is 5.96. The van der Waals surface area contributed by atoms with Crippen LogP contribution in [0.1, 0.15) is 65.7 Å². The number of carboxylic acids is 1. The van der Waals surface area contributed by atoms with Crippen LogP contribution in [0.25, 0.3) is 0 Å². The van der Waals surface area contributed by atoms with Crippen molar-refractivity contribution >= 4 is 11.9 Å². The van der Waals surface area contributed by atoms with E-state index in [0.29, 0.717) is 18.9 Å². The van der Waals surface area contributed by atoms with Crippen LogP contribution in [0.15, 0.2) is 0 Å². The maximum atomic E-state index is 12.4. The summed E-state index contributed by atoms with van der Waals surface area (Å²) >= 11 is 0. The highest BCUT2D eigenvalue weighted by Crippen LogP contribution is 2.33. The smallest absolute Gasteiger partial charge is 0.310 e. The summed E-state index contributed by atoms with van der Waals surface area (Å²) < 4.78 is 0. The summed E-state index contributed by atoms with van der Waals surface area (Å²) in [5, 5.41) is 9.43. The van der Waals surface area contributed by atoms with Crippen LogP contribution in [0.3, 0.4) is 0 Å². The van der Waals surface area contributed by atoms with Gasteiger partial charge in [0.05, 0.1) is 5.41 Å². The highest BCUT2D eigenvalue weighted by Gasteiger charge is 2.39. The molecule has 1 N–H and O–H groups in total. The molecule has 0 atom stereocenters. The lowest BCUT2D eigenvalue weighted by molar-refractivity contribution is -0.154. The number of carbonyl (C=O) groups excluding carboxylic acids is 1. The summed E-state index contributed by atoms with van der Waals surface area (Å²) in [7, 11) is 1.83.